The lowest BCUT2D eigenvalue weighted by atomic mass is 10.0. The molecule has 1 aliphatic carbocycles. The fourth-order valence-electron chi connectivity index (χ4n) is 2.75. The lowest BCUT2D eigenvalue weighted by Crippen LogP contribution is -2.45. The van der Waals surface area contributed by atoms with Crippen LogP contribution in [-0.4, -0.2) is 23.0 Å². The van der Waals surface area contributed by atoms with Gasteiger partial charge in [-0.25, -0.2) is 0 Å². The predicted molar refractivity (Wildman–Crippen MR) is 47.6 cm³/mol. The summed E-state index contributed by atoms with van der Waals surface area (Å²) >= 11 is 0. The van der Waals surface area contributed by atoms with E-state index in [2.05, 4.69) is 25.7 Å². The third-order valence-electron chi connectivity index (χ3n) is 3.27. The van der Waals surface area contributed by atoms with Crippen molar-refractivity contribution in [2.75, 3.05) is 6.54 Å². The first kappa shape index (κ1) is 7.60. The van der Waals surface area contributed by atoms with Crippen LogP contribution in [0.4, 0.5) is 0 Å². The van der Waals surface area contributed by atoms with Gasteiger partial charge in [0.05, 0.1) is 0 Å². The fourth-order valence-corrected chi connectivity index (χ4v) is 2.75. The molecule has 0 radical (unpaired) electrons. The van der Waals surface area contributed by atoms with E-state index >= 15 is 0 Å². The Morgan fingerprint density at radius 1 is 1.18 bits per heavy atom. The minimum absolute atomic E-state index is 0.417. The van der Waals surface area contributed by atoms with Crippen LogP contribution in [0.5, 0.6) is 0 Å². The van der Waals surface area contributed by atoms with Crippen molar-refractivity contribution in [1.82, 2.24) is 4.90 Å². The number of hydrogen-bond acceptors (Lipinski definition) is 1. The van der Waals surface area contributed by atoms with Gasteiger partial charge >= 0.3 is 0 Å². The van der Waals surface area contributed by atoms with E-state index in [-0.39, 0.29) is 0 Å². The van der Waals surface area contributed by atoms with Crippen molar-refractivity contribution in [3.63, 3.8) is 0 Å². The highest BCUT2D eigenvalue weighted by molar-refractivity contribution is 4.96. The maximum absolute atomic E-state index is 2.70. The zero-order valence-corrected chi connectivity index (χ0v) is 7.93. The summed E-state index contributed by atoms with van der Waals surface area (Å²) in [6.07, 6.45) is 4.44. The Balaban J connectivity index is 2.08. The van der Waals surface area contributed by atoms with Crippen LogP contribution in [0.1, 0.15) is 40.0 Å². The minimum Gasteiger partial charge on any atom is -0.295 e. The fraction of sp³-hybridized carbons (Fsp3) is 1.00. The minimum atomic E-state index is 0.417. The van der Waals surface area contributed by atoms with Gasteiger partial charge in [0.1, 0.15) is 0 Å². The van der Waals surface area contributed by atoms with Crippen LogP contribution in [-0.2, 0) is 0 Å². The van der Waals surface area contributed by atoms with Gasteiger partial charge < -0.3 is 0 Å². The zero-order chi connectivity index (χ0) is 8.06. The molecule has 2 rings (SSSR count). The SMILES string of the molecule is CC(C)(C)N1C[C@@H]2CC[C@H]1C2. The molecule has 2 aliphatic rings. The molecule has 0 aromatic rings. The van der Waals surface area contributed by atoms with E-state index in [0.717, 1.165) is 12.0 Å². The predicted octanol–water partition coefficient (Wildman–Crippen LogP) is 2.27. The summed E-state index contributed by atoms with van der Waals surface area (Å²) in [6, 6.07) is 0.931. The van der Waals surface area contributed by atoms with Gasteiger partial charge in [-0.05, 0) is 46.0 Å². The van der Waals surface area contributed by atoms with Crippen molar-refractivity contribution in [1.29, 1.82) is 0 Å². The highest BCUT2D eigenvalue weighted by Gasteiger charge is 2.42. The molecule has 1 nitrogen and oxygen atoms in total. The van der Waals surface area contributed by atoms with Crippen LogP contribution in [0.25, 0.3) is 0 Å². The summed E-state index contributed by atoms with van der Waals surface area (Å²) in [5, 5.41) is 0. The van der Waals surface area contributed by atoms with Crippen LogP contribution in [0, 0.1) is 5.92 Å². The molecule has 11 heavy (non-hydrogen) atoms. The van der Waals surface area contributed by atoms with E-state index in [9.17, 15) is 0 Å². The summed E-state index contributed by atoms with van der Waals surface area (Å²) in [5.74, 6) is 1.04. The molecule has 0 aromatic carbocycles. The quantitative estimate of drug-likeness (QED) is 0.516. The molecule has 2 fully saturated rings. The smallest absolute Gasteiger partial charge is 0.0128 e. The van der Waals surface area contributed by atoms with Crippen LogP contribution in [0.3, 0.4) is 0 Å². The van der Waals surface area contributed by atoms with Gasteiger partial charge in [0.2, 0.25) is 0 Å². The van der Waals surface area contributed by atoms with E-state index in [4.69, 9.17) is 0 Å². The first-order valence-corrected chi connectivity index (χ1v) is 4.84. The Bertz CT molecular complexity index is 157. The molecule has 0 aromatic heterocycles. The number of fused-ring (bicyclic) bond motifs is 2. The number of hydrogen-bond donors (Lipinski definition) is 0. The van der Waals surface area contributed by atoms with Crippen molar-refractivity contribution < 1.29 is 0 Å². The third kappa shape index (κ3) is 1.20. The van der Waals surface area contributed by atoms with E-state index in [1.54, 1.807) is 0 Å². The van der Waals surface area contributed by atoms with Gasteiger partial charge in [-0.1, -0.05) is 0 Å². The molecule has 0 N–H and O–H groups in total. The van der Waals surface area contributed by atoms with E-state index in [1.807, 2.05) is 0 Å². The molecule has 1 heteroatoms. The summed E-state index contributed by atoms with van der Waals surface area (Å²) in [5.41, 5.74) is 0.417. The monoisotopic (exact) mass is 153 g/mol. The highest BCUT2D eigenvalue weighted by Crippen LogP contribution is 2.40. The second kappa shape index (κ2) is 2.22. The Morgan fingerprint density at radius 3 is 2.18 bits per heavy atom. The third-order valence-corrected chi connectivity index (χ3v) is 3.27. The standard InChI is InChI=1S/C10H19N/c1-10(2,3)11-7-8-4-5-9(11)6-8/h8-9H,4-7H2,1-3H3/t8-,9+/m1/s1. The molecule has 2 atom stereocenters. The van der Waals surface area contributed by atoms with E-state index < -0.39 is 0 Å². The van der Waals surface area contributed by atoms with Crippen LogP contribution in [0.15, 0.2) is 0 Å². The Kier molecular flexibility index (Phi) is 1.54. The first-order chi connectivity index (χ1) is 5.07. The van der Waals surface area contributed by atoms with Crippen LogP contribution >= 0.6 is 0 Å². The Hall–Kier alpha value is -0.0400. The second-order valence-electron chi connectivity index (χ2n) is 5.16. The van der Waals surface area contributed by atoms with Gasteiger partial charge in [0.15, 0.2) is 0 Å². The molecule has 64 valence electrons. The maximum atomic E-state index is 2.70. The maximum Gasteiger partial charge on any atom is 0.0128 e. The molecule has 1 saturated carbocycles. The Morgan fingerprint density at radius 2 is 1.91 bits per heavy atom. The average Bonchev–Trinajstić information content (AvgIpc) is 2.42. The molecular formula is C10H19N. The number of likely N-dealkylation sites (tertiary alicyclic amines) is 1. The average molecular weight is 153 g/mol. The van der Waals surface area contributed by atoms with Crippen molar-refractivity contribution in [3.8, 4) is 0 Å². The van der Waals surface area contributed by atoms with Crippen LogP contribution in [0.2, 0.25) is 0 Å². The Labute approximate surface area is 69.8 Å². The van der Waals surface area contributed by atoms with Crippen molar-refractivity contribution >= 4 is 0 Å². The van der Waals surface area contributed by atoms with E-state index in [0.29, 0.717) is 5.54 Å². The van der Waals surface area contributed by atoms with Crippen LogP contribution < -0.4 is 0 Å². The first-order valence-electron chi connectivity index (χ1n) is 4.84. The second-order valence-corrected chi connectivity index (χ2v) is 5.16. The van der Waals surface area contributed by atoms with Gasteiger partial charge in [0.25, 0.3) is 0 Å². The van der Waals surface area contributed by atoms with Gasteiger partial charge in [-0.2, -0.15) is 0 Å². The molecule has 0 spiro atoms. The summed E-state index contributed by atoms with van der Waals surface area (Å²) in [6.45, 7) is 8.39. The molecule has 2 bridgehead atoms. The van der Waals surface area contributed by atoms with Gasteiger partial charge in [0, 0.05) is 18.1 Å². The molecule has 0 unspecified atom stereocenters. The van der Waals surface area contributed by atoms with Gasteiger partial charge in [-0.3, -0.25) is 4.90 Å². The summed E-state index contributed by atoms with van der Waals surface area (Å²) in [4.78, 5) is 2.70. The molecule has 1 saturated heterocycles. The topological polar surface area (TPSA) is 3.24 Å². The highest BCUT2D eigenvalue weighted by atomic mass is 15.2. The number of piperidine rings is 1. The van der Waals surface area contributed by atoms with Crippen molar-refractivity contribution in [2.24, 2.45) is 5.92 Å². The lowest BCUT2D eigenvalue weighted by molar-refractivity contribution is 0.0974. The number of nitrogens with zero attached hydrogens (tertiary/aromatic N) is 1. The van der Waals surface area contributed by atoms with Crippen molar-refractivity contribution in [3.05, 3.63) is 0 Å². The molecular weight excluding hydrogens is 134 g/mol. The van der Waals surface area contributed by atoms with Gasteiger partial charge in [-0.15, -0.1) is 0 Å². The van der Waals surface area contributed by atoms with Crippen molar-refractivity contribution in [2.45, 2.75) is 51.6 Å². The normalized spacial score (nSPS) is 38.5. The lowest BCUT2D eigenvalue weighted by Gasteiger charge is -2.38. The molecule has 1 heterocycles. The summed E-state index contributed by atoms with van der Waals surface area (Å²) < 4.78 is 0. The largest absolute Gasteiger partial charge is 0.295 e. The number of rotatable bonds is 0. The van der Waals surface area contributed by atoms with E-state index in [1.165, 1.54) is 25.8 Å². The molecule has 0 amide bonds. The zero-order valence-electron chi connectivity index (χ0n) is 7.93. The summed E-state index contributed by atoms with van der Waals surface area (Å²) in [7, 11) is 0. The molecule has 1 aliphatic heterocycles.